The molecule has 2 aliphatic rings. The predicted octanol–water partition coefficient (Wildman–Crippen LogP) is 2.90. The van der Waals surface area contributed by atoms with Crippen LogP contribution in [-0.4, -0.2) is 49.1 Å². The fraction of sp³-hybridized carbons (Fsp3) is 0.611. The number of carbonyl (C=O) groups is 1. The maximum atomic E-state index is 12.4. The van der Waals surface area contributed by atoms with Gasteiger partial charge in [-0.25, -0.2) is 8.42 Å². The molecule has 0 bridgehead atoms. The lowest BCUT2D eigenvalue weighted by atomic mass is 10.0. The lowest BCUT2D eigenvalue weighted by molar-refractivity contribution is -0.132. The molecule has 1 aromatic rings. The van der Waals surface area contributed by atoms with E-state index in [0.29, 0.717) is 18.1 Å². The second kappa shape index (κ2) is 7.48. The Kier molecular flexibility index (Phi) is 5.55. The fourth-order valence-electron chi connectivity index (χ4n) is 3.50. The van der Waals surface area contributed by atoms with Gasteiger partial charge < -0.3 is 4.90 Å². The molecule has 0 aromatic heterocycles. The molecule has 0 radical (unpaired) electrons. The van der Waals surface area contributed by atoms with E-state index in [1.54, 1.807) is 0 Å². The Labute approximate surface area is 148 Å². The molecule has 0 unspecified atom stereocenters. The summed E-state index contributed by atoms with van der Waals surface area (Å²) in [5.74, 6) is 0.608. The van der Waals surface area contributed by atoms with Crippen molar-refractivity contribution in [3.05, 3.63) is 29.8 Å². The minimum absolute atomic E-state index is 0.0292. The van der Waals surface area contributed by atoms with Gasteiger partial charge in [0.1, 0.15) is 0 Å². The van der Waals surface area contributed by atoms with Gasteiger partial charge in [0.2, 0.25) is 5.91 Å². The lowest BCUT2D eigenvalue weighted by Crippen LogP contribution is -2.40. The van der Waals surface area contributed by atoms with Crippen molar-refractivity contribution < 1.29 is 13.2 Å². The van der Waals surface area contributed by atoms with E-state index in [9.17, 15) is 13.2 Å². The Morgan fingerprint density at radius 1 is 1.21 bits per heavy atom. The molecule has 24 heavy (non-hydrogen) atoms. The molecule has 2 saturated heterocycles. The van der Waals surface area contributed by atoms with Crippen molar-refractivity contribution in [2.75, 3.05) is 24.6 Å². The van der Waals surface area contributed by atoms with E-state index >= 15 is 0 Å². The average molecular weight is 368 g/mol. The molecule has 0 N–H and O–H groups in total. The van der Waals surface area contributed by atoms with Crippen molar-refractivity contribution in [1.82, 2.24) is 4.90 Å². The summed E-state index contributed by atoms with van der Waals surface area (Å²) < 4.78 is 23.0. The van der Waals surface area contributed by atoms with Gasteiger partial charge in [0, 0.05) is 29.7 Å². The number of nitrogens with zero attached hydrogens (tertiary/aromatic N) is 1. The normalized spacial score (nSPS) is 24.2. The molecule has 0 spiro atoms. The molecular weight excluding hydrogens is 342 g/mol. The van der Waals surface area contributed by atoms with E-state index in [4.69, 9.17) is 0 Å². The van der Waals surface area contributed by atoms with Gasteiger partial charge in [0.05, 0.1) is 11.5 Å². The second-order valence-electron chi connectivity index (χ2n) is 6.94. The van der Waals surface area contributed by atoms with Crippen molar-refractivity contribution in [2.45, 2.75) is 42.8 Å². The fourth-order valence-corrected chi connectivity index (χ4v) is 6.58. The molecule has 1 amide bonds. The highest BCUT2D eigenvalue weighted by Gasteiger charge is 2.31. The monoisotopic (exact) mass is 367 g/mol. The largest absolute Gasteiger partial charge is 0.343 e. The lowest BCUT2D eigenvalue weighted by Gasteiger charge is -2.32. The van der Waals surface area contributed by atoms with E-state index in [0.717, 1.165) is 25.9 Å². The van der Waals surface area contributed by atoms with Gasteiger partial charge in [-0.2, -0.15) is 0 Å². The molecule has 4 nitrogen and oxygen atoms in total. The van der Waals surface area contributed by atoms with Crippen LogP contribution in [0.1, 0.15) is 31.2 Å². The number of likely N-dealkylation sites (tertiary alicyclic amines) is 1. The number of aryl methyl sites for hydroxylation is 1. The zero-order chi connectivity index (χ0) is 17.2. The van der Waals surface area contributed by atoms with Crippen molar-refractivity contribution in [3.63, 3.8) is 0 Å². The van der Waals surface area contributed by atoms with E-state index in [-0.39, 0.29) is 23.3 Å². The van der Waals surface area contributed by atoms with Crippen molar-refractivity contribution in [1.29, 1.82) is 0 Å². The van der Waals surface area contributed by atoms with Crippen LogP contribution < -0.4 is 0 Å². The Hall–Kier alpha value is -1.01. The van der Waals surface area contributed by atoms with Gasteiger partial charge in [-0.05, 0) is 43.7 Å². The third-order valence-electron chi connectivity index (χ3n) is 4.97. The Bertz CT molecular complexity index is 694. The summed E-state index contributed by atoms with van der Waals surface area (Å²) in [6.07, 6.45) is 3.06. The highest BCUT2D eigenvalue weighted by molar-refractivity contribution is 8.00. The molecule has 2 fully saturated rings. The van der Waals surface area contributed by atoms with Gasteiger partial charge in [-0.1, -0.05) is 18.2 Å². The first-order valence-electron chi connectivity index (χ1n) is 8.63. The summed E-state index contributed by atoms with van der Waals surface area (Å²) in [7, 11) is -2.89. The van der Waals surface area contributed by atoms with Crippen LogP contribution in [0.4, 0.5) is 0 Å². The highest BCUT2D eigenvalue weighted by atomic mass is 32.2. The van der Waals surface area contributed by atoms with E-state index in [1.165, 1.54) is 10.5 Å². The number of hydrogen-bond donors (Lipinski definition) is 0. The molecule has 0 aliphatic carbocycles. The van der Waals surface area contributed by atoms with Crippen LogP contribution >= 0.6 is 11.8 Å². The Morgan fingerprint density at radius 3 is 2.54 bits per heavy atom. The van der Waals surface area contributed by atoms with Crippen LogP contribution in [0.3, 0.4) is 0 Å². The first kappa shape index (κ1) is 17.8. The quantitative estimate of drug-likeness (QED) is 0.821. The number of piperidine rings is 1. The van der Waals surface area contributed by atoms with E-state index in [2.05, 4.69) is 31.2 Å². The highest BCUT2D eigenvalue weighted by Crippen LogP contribution is 2.32. The van der Waals surface area contributed by atoms with Crippen LogP contribution in [0.15, 0.2) is 29.2 Å². The summed E-state index contributed by atoms with van der Waals surface area (Å²) in [5.41, 5.74) is 1.31. The zero-order valence-electron chi connectivity index (χ0n) is 14.1. The van der Waals surface area contributed by atoms with Crippen molar-refractivity contribution >= 4 is 27.5 Å². The third-order valence-corrected chi connectivity index (χ3v) is 8.33. The van der Waals surface area contributed by atoms with Crippen LogP contribution in [-0.2, 0) is 14.6 Å². The minimum Gasteiger partial charge on any atom is -0.343 e. The standard InChI is InChI=1S/C18H25NO3S2/c1-14-4-2-3-5-17(14)23-16-6-9-19(10-7-16)18(20)12-15-8-11-24(21,22)13-15/h2-5,15-16H,6-13H2,1H3/t15-/m1/s1. The summed E-state index contributed by atoms with van der Waals surface area (Å²) in [5, 5.41) is 0.557. The first-order chi connectivity index (χ1) is 11.4. The molecule has 2 aliphatic heterocycles. The average Bonchev–Trinajstić information content (AvgIpc) is 2.89. The third kappa shape index (κ3) is 4.54. The molecular formula is C18H25NO3S2. The van der Waals surface area contributed by atoms with Gasteiger partial charge >= 0.3 is 0 Å². The number of amides is 1. The van der Waals surface area contributed by atoms with Crippen molar-refractivity contribution in [2.24, 2.45) is 5.92 Å². The number of hydrogen-bond acceptors (Lipinski definition) is 4. The van der Waals surface area contributed by atoms with Crippen LogP contribution in [0.5, 0.6) is 0 Å². The summed E-state index contributed by atoms with van der Waals surface area (Å²) in [6.45, 7) is 3.72. The van der Waals surface area contributed by atoms with E-state index < -0.39 is 9.84 Å². The smallest absolute Gasteiger partial charge is 0.222 e. The molecule has 1 atom stereocenters. The number of rotatable bonds is 4. The van der Waals surface area contributed by atoms with E-state index in [1.807, 2.05) is 16.7 Å². The van der Waals surface area contributed by atoms with Gasteiger partial charge in [-0.3, -0.25) is 4.79 Å². The number of thioether (sulfide) groups is 1. The molecule has 1 aromatic carbocycles. The summed E-state index contributed by atoms with van der Waals surface area (Å²) >= 11 is 1.92. The first-order valence-corrected chi connectivity index (χ1v) is 11.3. The van der Waals surface area contributed by atoms with Gasteiger partial charge in [0.15, 0.2) is 9.84 Å². The number of sulfone groups is 1. The minimum atomic E-state index is -2.89. The SMILES string of the molecule is Cc1ccccc1SC1CCN(C(=O)C[C@H]2CCS(=O)(=O)C2)CC1. The molecule has 6 heteroatoms. The Balaban J connectivity index is 1.46. The zero-order valence-corrected chi connectivity index (χ0v) is 15.7. The number of benzene rings is 1. The molecule has 0 saturated carbocycles. The summed E-state index contributed by atoms with van der Waals surface area (Å²) in [6, 6.07) is 8.43. The van der Waals surface area contributed by atoms with Gasteiger partial charge in [0.25, 0.3) is 0 Å². The van der Waals surface area contributed by atoms with Crippen LogP contribution in [0.25, 0.3) is 0 Å². The topological polar surface area (TPSA) is 54.5 Å². The second-order valence-corrected chi connectivity index (χ2v) is 10.5. The van der Waals surface area contributed by atoms with Gasteiger partial charge in [-0.15, -0.1) is 11.8 Å². The predicted molar refractivity (Wildman–Crippen MR) is 98.0 cm³/mol. The molecule has 2 heterocycles. The summed E-state index contributed by atoms with van der Waals surface area (Å²) in [4.78, 5) is 15.7. The van der Waals surface area contributed by atoms with Crippen LogP contribution in [0.2, 0.25) is 0 Å². The maximum absolute atomic E-state index is 12.4. The molecule has 3 rings (SSSR count). The number of carbonyl (C=O) groups excluding carboxylic acids is 1. The molecule has 132 valence electrons. The van der Waals surface area contributed by atoms with Crippen molar-refractivity contribution in [3.8, 4) is 0 Å². The van der Waals surface area contributed by atoms with Crippen LogP contribution in [0, 0.1) is 12.8 Å². The Morgan fingerprint density at radius 2 is 1.92 bits per heavy atom. The maximum Gasteiger partial charge on any atom is 0.222 e.